The number of carbonyl (C=O) groups is 1. The molecule has 0 atom stereocenters. The molecule has 0 radical (unpaired) electrons. The molecule has 28 heavy (non-hydrogen) atoms. The van der Waals surface area contributed by atoms with E-state index in [-0.39, 0.29) is 23.2 Å². The van der Waals surface area contributed by atoms with Crippen molar-refractivity contribution < 1.29 is 22.3 Å². The van der Waals surface area contributed by atoms with Crippen LogP contribution in [0.4, 0.5) is 4.39 Å². The number of benzene rings is 2. The highest BCUT2D eigenvalue weighted by Crippen LogP contribution is 2.20. The van der Waals surface area contributed by atoms with Crippen molar-refractivity contribution in [1.82, 2.24) is 9.62 Å². The van der Waals surface area contributed by atoms with Gasteiger partial charge in [-0.3, -0.25) is 4.79 Å². The Kier molecular flexibility index (Phi) is 6.43. The Morgan fingerprint density at radius 3 is 2.61 bits per heavy atom. The molecule has 8 heteroatoms. The normalized spacial score (nSPS) is 15.4. The van der Waals surface area contributed by atoms with Gasteiger partial charge in [0.1, 0.15) is 5.82 Å². The highest BCUT2D eigenvalue weighted by Gasteiger charge is 2.27. The van der Waals surface area contributed by atoms with Crippen molar-refractivity contribution in [2.75, 3.05) is 32.8 Å². The van der Waals surface area contributed by atoms with Gasteiger partial charge in [0.15, 0.2) is 0 Å². The Labute approximate surface area is 164 Å². The molecule has 0 unspecified atom stereocenters. The van der Waals surface area contributed by atoms with E-state index in [0.29, 0.717) is 49.4 Å². The molecule has 1 fully saturated rings. The summed E-state index contributed by atoms with van der Waals surface area (Å²) >= 11 is 0. The van der Waals surface area contributed by atoms with Gasteiger partial charge in [-0.15, -0.1) is 0 Å². The van der Waals surface area contributed by atoms with Crippen LogP contribution >= 0.6 is 0 Å². The summed E-state index contributed by atoms with van der Waals surface area (Å²) in [5, 5.41) is 2.74. The third-order valence-corrected chi connectivity index (χ3v) is 6.59. The number of aryl methyl sites for hydroxylation is 1. The SMILES string of the molecule is Cc1ccc(S(=O)(=O)N2CCOCC2)cc1C(=O)NCCc1ccccc1F. The molecule has 1 amide bonds. The van der Waals surface area contributed by atoms with E-state index < -0.39 is 10.0 Å². The van der Waals surface area contributed by atoms with Gasteiger partial charge in [-0.05, 0) is 42.7 Å². The number of nitrogens with one attached hydrogen (secondary N) is 1. The van der Waals surface area contributed by atoms with Crippen LogP contribution in [0.3, 0.4) is 0 Å². The fourth-order valence-electron chi connectivity index (χ4n) is 3.05. The predicted octanol–water partition coefficient (Wildman–Crippen LogP) is 2.13. The number of morpholine rings is 1. The molecular formula is C20H23FN2O4S. The minimum Gasteiger partial charge on any atom is -0.379 e. The largest absolute Gasteiger partial charge is 0.379 e. The van der Waals surface area contributed by atoms with Gasteiger partial charge >= 0.3 is 0 Å². The molecule has 0 aromatic heterocycles. The lowest BCUT2D eigenvalue weighted by molar-refractivity contribution is 0.0730. The maximum atomic E-state index is 13.7. The first kappa shape index (κ1) is 20.4. The van der Waals surface area contributed by atoms with Crippen LogP contribution in [0.25, 0.3) is 0 Å². The number of hydrogen-bond acceptors (Lipinski definition) is 4. The molecule has 2 aromatic carbocycles. The molecule has 1 saturated heterocycles. The van der Waals surface area contributed by atoms with Gasteiger partial charge in [-0.2, -0.15) is 4.31 Å². The lowest BCUT2D eigenvalue weighted by Gasteiger charge is -2.26. The van der Waals surface area contributed by atoms with Crippen molar-refractivity contribution in [1.29, 1.82) is 0 Å². The van der Waals surface area contributed by atoms with E-state index >= 15 is 0 Å². The molecule has 0 saturated carbocycles. The summed E-state index contributed by atoms with van der Waals surface area (Å²) in [6.07, 6.45) is 0.350. The minimum absolute atomic E-state index is 0.0826. The van der Waals surface area contributed by atoms with Crippen molar-refractivity contribution in [3.63, 3.8) is 0 Å². The summed E-state index contributed by atoms with van der Waals surface area (Å²) in [5.74, 6) is -0.695. The molecule has 1 N–H and O–H groups in total. The first-order valence-electron chi connectivity index (χ1n) is 9.10. The van der Waals surface area contributed by atoms with Crippen LogP contribution < -0.4 is 5.32 Å². The third-order valence-electron chi connectivity index (χ3n) is 4.70. The van der Waals surface area contributed by atoms with E-state index in [1.165, 1.54) is 22.5 Å². The van der Waals surface area contributed by atoms with Gasteiger partial charge in [-0.25, -0.2) is 12.8 Å². The van der Waals surface area contributed by atoms with Gasteiger partial charge in [0.2, 0.25) is 10.0 Å². The van der Waals surface area contributed by atoms with Crippen LogP contribution in [0.15, 0.2) is 47.4 Å². The number of halogens is 1. The van der Waals surface area contributed by atoms with Gasteiger partial charge in [-0.1, -0.05) is 24.3 Å². The van der Waals surface area contributed by atoms with Gasteiger partial charge < -0.3 is 10.1 Å². The molecule has 3 rings (SSSR count). The highest BCUT2D eigenvalue weighted by molar-refractivity contribution is 7.89. The molecule has 2 aromatic rings. The second-order valence-corrected chi connectivity index (χ2v) is 8.53. The van der Waals surface area contributed by atoms with Crippen LogP contribution in [0.1, 0.15) is 21.5 Å². The van der Waals surface area contributed by atoms with E-state index in [4.69, 9.17) is 4.74 Å². The Balaban J connectivity index is 1.72. The van der Waals surface area contributed by atoms with E-state index in [9.17, 15) is 17.6 Å². The van der Waals surface area contributed by atoms with E-state index in [0.717, 1.165) is 0 Å². The summed E-state index contributed by atoms with van der Waals surface area (Å²) in [5.41, 5.74) is 1.48. The van der Waals surface area contributed by atoms with Crippen LogP contribution in [-0.4, -0.2) is 51.5 Å². The van der Waals surface area contributed by atoms with E-state index in [2.05, 4.69) is 5.32 Å². The number of sulfonamides is 1. The van der Waals surface area contributed by atoms with E-state index in [1.54, 1.807) is 31.2 Å². The molecule has 150 valence electrons. The predicted molar refractivity (Wildman–Crippen MR) is 103 cm³/mol. The number of nitrogens with zero attached hydrogens (tertiary/aromatic N) is 1. The number of amides is 1. The fourth-order valence-corrected chi connectivity index (χ4v) is 4.48. The maximum absolute atomic E-state index is 13.7. The highest BCUT2D eigenvalue weighted by atomic mass is 32.2. The third kappa shape index (κ3) is 4.57. The molecule has 0 spiro atoms. The van der Waals surface area contributed by atoms with Crippen LogP contribution in [0.2, 0.25) is 0 Å². The zero-order chi connectivity index (χ0) is 20.1. The van der Waals surface area contributed by atoms with Crippen molar-refractivity contribution in [3.8, 4) is 0 Å². The molecule has 0 bridgehead atoms. The summed E-state index contributed by atoms with van der Waals surface area (Å²) in [7, 11) is -3.68. The second kappa shape index (κ2) is 8.81. The number of ether oxygens (including phenoxy) is 1. The quantitative estimate of drug-likeness (QED) is 0.798. The van der Waals surface area contributed by atoms with Crippen LogP contribution in [0, 0.1) is 12.7 Å². The maximum Gasteiger partial charge on any atom is 0.251 e. The van der Waals surface area contributed by atoms with E-state index in [1.807, 2.05) is 0 Å². The second-order valence-electron chi connectivity index (χ2n) is 6.59. The number of carbonyl (C=O) groups excluding carboxylic acids is 1. The Morgan fingerprint density at radius 2 is 1.89 bits per heavy atom. The van der Waals surface area contributed by atoms with Crippen molar-refractivity contribution in [3.05, 3.63) is 65.0 Å². The molecular weight excluding hydrogens is 383 g/mol. The summed E-state index contributed by atoms with van der Waals surface area (Å²) in [4.78, 5) is 12.6. The average Bonchev–Trinajstić information content (AvgIpc) is 2.70. The topological polar surface area (TPSA) is 75.7 Å². The summed E-state index contributed by atoms with van der Waals surface area (Å²) in [6.45, 7) is 3.29. The average molecular weight is 406 g/mol. The monoisotopic (exact) mass is 406 g/mol. The van der Waals surface area contributed by atoms with Crippen LogP contribution in [0.5, 0.6) is 0 Å². The van der Waals surface area contributed by atoms with Gasteiger partial charge in [0.25, 0.3) is 5.91 Å². The van der Waals surface area contributed by atoms with Crippen LogP contribution in [-0.2, 0) is 21.2 Å². The first-order chi connectivity index (χ1) is 13.4. The lowest BCUT2D eigenvalue weighted by atomic mass is 10.1. The van der Waals surface area contributed by atoms with Crippen molar-refractivity contribution >= 4 is 15.9 Å². The van der Waals surface area contributed by atoms with Crippen molar-refractivity contribution in [2.24, 2.45) is 0 Å². The number of rotatable bonds is 6. The molecule has 6 nitrogen and oxygen atoms in total. The zero-order valence-corrected chi connectivity index (χ0v) is 16.5. The number of hydrogen-bond donors (Lipinski definition) is 1. The standard InChI is InChI=1S/C20H23FN2O4S/c1-15-6-7-17(28(25,26)23-10-12-27-13-11-23)14-18(15)20(24)22-9-8-16-4-2-3-5-19(16)21/h2-7,14H,8-13H2,1H3,(H,22,24). The molecule has 1 heterocycles. The molecule has 1 aliphatic rings. The summed E-state index contributed by atoms with van der Waals surface area (Å²) in [6, 6.07) is 10.9. The van der Waals surface area contributed by atoms with Gasteiger partial charge in [0, 0.05) is 25.2 Å². The Bertz CT molecular complexity index is 956. The summed E-state index contributed by atoms with van der Waals surface area (Å²) < 4.78 is 45.8. The Morgan fingerprint density at radius 1 is 1.18 bits per heavy atom. The molecule has 1 aliphatic heterocycles. The zero-order valence-electron chi connectivity index (χ0n) is 15.7. The first-order valence-corrected chi connectivity index (χ1v) is 10.5. The Hall–Kier alpha value is -2.29. The van der Waals surface area contributed by atoms with Gasteiger partial charge in [0.05, 0.1) is 18.1 Å². The minimum atomic E-state index is -3.68. The lowest BCUT2D eigenvalue weighted by Crippen LogP contribution is -2.40. The fraction of sp³-hybridized carbons (Fsp3) is 0.350. The van der Waals surface area contributed by atoms with Crippen molar-refractivity contribution in [2.45, 2.75) is 18.2 Å². The smallest absolute Gasteiger partial charge is 0.251 e. The molecule has 0 aliphatic carbocycles.